The third kappa shape index (κ3) is 3.68. The Kier molecular flexibility index (Phi) is 5.08. The fourth-order valence-corrected chi connectivity index (χ4v) is 3.91. The summed E-state index contributed by atoms with van der Waals surface area (Å²) in [5.41, 5.74) is 2.31. The van der Waals surface area contributed by atoms with E-state index in [1.165, 1.54) is 15.4 Å². The maximum atomic E-state index is 11.5. The van der Waals surface area contributed by atoms with Gasteiger partial charge < -0.3 is 20.0 Å². The molecule has 1 unspecified atom stereocenters. The summed E-state index contributed by atoms with van der Waals surface area (Å²) < 4.78 is 0. The molecule has 0 aromatic carbocycles. The lowest BCUT2D eigenvalue weighted by molar-refractivity contribution is 0.0451. The molecule has 1 aromatic rings. The number of amides is 2. The van der Waals surface area contributed by atoms with E-state index in [0.717, 1.165) is 25.0 Å². The first-order valence-corrected chi connectivity index (χ1v) is 8.59. The molecule has 0 saturated carbocycles. The standard InChI is InChI=1S/C17H24N4O4/c1-19(14-6-2-4-12-5-3-7-18-15(12)14)10-13-11-20(16(22)23)8-9-21(13)17(24)25/h3,5,7,13-14H,2,4,6,8-11H2,1H3,(H,22,23)(H,24,25)/t13?,14-/m0/s1. The first-order chi connectivity index (χ1) is 12.0. The second kappa shape index (κ2) is 7.26. The van der Waals surface area contributed by atoms with Crippen LogP contribution < -0.4 is 0 Å². The number of fused-ring (bicyclic) bond motifs is 1. The van der Waals surface area contributed by atoms with E-state index in [-0.39, 0.29) is 31.7 Å². The molecule has 0 spiro atoms. The Labute approximate surface area is 146 Å². The molecule has 136 valence electrons. The summed E-state index contributed by atoms with van der Waals surface area (Å²) in [4.78, 5) is 32.1. The molecule has 25 heavy (non-hydrogen) atoms. The summed E-state index contributed by atoms with van der Waals surface area (Å²) in [6, 6.07) is 3.81. The van der Waals surface area contributed by atoms with Gasteiger partial charge in [-0.2, -0.15) is 0 Å². The number of pyridine rings is 1. The first kappa shape index (κ1) is 17.5. The Bertz CT molecular complexity index is 653. The molecule has 0 bridgehead atoms. The summed E-state index contributed by atoms with van der Waals surface area (Å²) in [6.07, 6.45) is 2.87. The van der Waals surface area contributed by atoms with Crippen LogP contribution in [0, 0.1) is 0 Å². The van der Waals surface area contributed by atoms with E-state index in [1.54, 1.807) is 6.20 Å². The SMILES string of the molecule is CN(CC1CN(C(=O)O)CCN1C(=O)O)[C@H]1CCCc2cccnc21. The van der Waals surface area contributed by atoms with Crippen molar-refractivity contribution in [1.29, 1.82) is 0 Å². The maximum absolute atomic E-state index is 11.5. The summed E-state index contributed by atoms with van der Waals surface area (Å²) in [7, 11) is 1.97. The van der Waals surface area contributed by atoms with Crippen molar-refractivity contribution in [2.24, 2.45) is 0 Å². The number of hydrogen-bond donors (Lipinski definition) is 2. The van der Waals surface area contributed by atoms with Gasteiger partial charge in [-0.05, 0) is 37.9 Å². The minimum atomic E-state index is -0.998. The number of likely N-dealkylation sites (N-methyl/N-ethyl adjacent to an activating group) is 1. The number of carboxylic acid groups (broad SMARTS) is 2. The highest BCUT2D eigenvalue weighted by atomic mass is 16.4. The predicted octanol–water partition coefficient (Wildman–Crippen LogP) is 1.73. The molecule has 8 heteroatoms. The molecule has 3 rings (SSSR count). The van der Waals surface area contributed by atoms with Crippen molar-refractivity contribution in [3.05, 3.63) is 29.6 Å². The van der Waals surface area contributed by atoms with E-state index in [2.05, 4.69) is 16.0 Å². The quantitative estimate of drug-likeness (QED) is 0.863. The van der Waals surface area contributed by atoms with Crippen LogP contribution in [0.4, 0.5) is 9.59 Å². The highest BCUT2D eigenvalue weighted by molar-refractivity contribution is 5.68. The van der Waals surface area contributed by atoms with Crippen molar-refractivity contribution >= 4 is 12.2 Å². The molecule has 0 radical (unpaired) electrons. The summed E-state index contributed by atoms with van der Waals surface area (Å²) in [5, 5.41) is 18.7. The van der Waals surface area contributed by atoms with E-state index >= 15 is 0 Å². The Morgan fingerprint density at radius 1 is 1.32 bits per heavy atom. The monoisotopic (exact) mass is 348 g/mol. The number of carbonyl (C=O) groups is 2. The van der Waals surface area contributed by atoms with Crippen LogP contribution in [0.1, 0.15) is 30.1 Å². The Morgan fingerprint density at radius 2 is 2.12 bits per heavy atom. The second-order valence-corrected chi connectivity index (χ2v) is 6.75. The van der Waals surface area contributed by atoms with Crippen LogP contribution in [0.2, 0.25) is 0 Å². The molecular weight excluding hydrogens is 324 g/mol. The van der Waals surface area contributed by atoms with Gasteiger partial charge in [-0.15, -0.1) is 0 Å². The zero-order valence-electron chi connectivity index (χ0n) is 14.3. The van der Waals surface area contributed by atoms with Gasteiger partial charge >= 0.3 is 12.2 Å². The van der Waals surface area contributed by atoms with Gasteiger partial charge in [0.25, 0.3) is 0 Å². The van der Waals surface area contributed by atoms with Crippen LogP contribution >= 0.6 is 0 Å². The van der Waals surface area contributed by atoms with Gasteiger partial charge in [0.1, 0.15) is 0 Å². The minimum absolute atomic E-state index is 0.140. The van der Waals surface area contributed by atoms with Crippen molar-refractivity contribution in [3.8, 4) is 0 Å². The van der Waals surface area contributed by atoms with E-state index in [0.29, 0.717) is 6.54 Å². The van der Waals surface area contributed by atoms with Crippen LogP contribution in [-0.2, 0) is 6.42 Å². The van der Waals surface area contributed by atoms with E-state index in [9.17, 15) is 19.8 Å². The van der Waals surface area contributed by atoms with E-state index in [1.807, 2.05) is 13.1 Å². The lowest BCUT2D eigenvalue weighted by Gasteiger charge is -2.42. The van der Waals surface area contributed by atoms with Gasteiger partial charge in [0, 0.05) is 32.4 Å². The molecule has 1 aliphatic carbocycles. The fourth-order valence-electron chi connectivity index (χ4n) is 3.91. The molecule has 1 fully saturated rings. The molecule has 1 saturated heterocycles. The maximum Gasteiger partial charge on any atom is 0.407 e. The van der Waals surface area contributed by atoms with Gasteiger partial charge in [0.05, 0.1) is 17.8 Å². The van der Waals surface area contributed by atoms with Crippen LogP contribution in [0.25, 0.3) is 0 Å². The number of nitrogens with zero attached hydrogens (tertiary/aromatic N) is 4. The molecule has 1 aromatic heterocycles. The predicted molar refractivity (Wildman–Crippen MR) is 90.7 cm³/mol. The van der Waals surface area contributed by atoms with Crippen molar-refractivity contribution in [2.75, 3.05) is 33.2 Å². The largest absolute Gasteiger partial charge is 0.465 e. The molecular formula is C17H24N4O4. The Morgan fingerprint density at radius 3 is 2.84 bits per heavy atom. The van der Waals surface area contributed by atoms with E-state index in [4.69, 9.17) is 0 Å². The van der Waals surface area contributed by atoms with Gasteiger partial charge in [-0.25, -0.2) is 9.59 Å². The molecule has 2 amide bonds. The topological polar surface area (TPSA) is 97.2 Å². The van der Waals surface area contributed by atoms with Gasteiger partial charge in [-0.3, -0.25) is 9.88 Å². The molecule has 2 atom stereocenters. The zero-order valence-corrected chi connectivity index (χ0v) is 14.3. The number of piperazine rings is 1. The second-order valence-electron chi connectivity index (χ2n) is 6.75. The normalized spacial score (nSPS) is 23.4. The molecule has 1 aliphatic heterocycles. The molecule has 2 heterocycles. The van der Waals surface area contributed by atoms with E-state index < -0.39 is 12.2 Å². The number of hydrogen-bond acceptors (Lipinski definition) is 4. The van der Waals surface area contributed by atoms with Gasteiger partial charge in [-0.1, -0.05) is 6.07 Å². The first-order valence-electron chi connectivity index (χ1n) is 8.59. The number of aromatic nitrogens is 1. The summed E-state index contributed by atoms with van der Waals surface area (Å²) >= 11 is 0. The number of rotatable bonds is 3. The smallest absolute Gasteiger partial charge is 0.407 e. The minimum Gasteiger partial charge on any atom is -0.465 e. The fraction of sp³-hybridized carbons (Fsp3) is 0.588. The number of aryl methyl sites for hydroxylation is 1. The summed E-state index contributed by atoms with van der Waals surface area (Å²) in [6.45, 7) is 1.11. The highest BCUT2D eigenvalue weighted by Crippen LogP contribution is 2.32. The van der Waals surface area contributed by atoms with Crippen molar-refractivity contribution in [2.45, 2.75) is 31.3 Å². The molecule has 2 aliphatic rings. The van der Waals surface area contributed by atoms with Crippen LogP contribution in [-0.4, -0.2) is 81.4 Å². The highest BCUT2D eigenvalue weighted by Gasteiger charge is 2.35. The average Bonchev–Trinajstić information content (AvgIpc) is 2.60. The van der Waals surface area contributed by atoms with Crippen molar-refractivity contribution < 1.29 is 19.8 Å². The van der Waals surface area contributed by atoms with Gasteiger partial charge in [0.2, 0.25) is 0 Å². The zero-order chi connectivity index (χ0) is 18.0. The van der Waals surface area contributed by atoms with Crippen molar-refractivity contribution in [1.82, 2.24) is 19.7 Å². The third-order valence-corrected chi connectivity index (χ3v) is 5.20. The lowest BCUT2D eigenvalue weighted by Crippen LogP contribution is -2.59. The van der Waals surface area contributed by atoms with Crippen LogP contribution in [0.15, 0.2) is 18.3 Å². The molecule has 2 N–H and O–H groups in total. The lowest BCUT2D eigenvalue weighted by atomic mass is 9.91. The van der Waals surface area contributed by atoms with Crippen LogP contribution in [0.5, 0.6) is 0 Å². The van der Waals surface area contributed by atoms with Crippen LogP contribution in [0.3, 0.4) is 0 Å². The summed E-state index contributed by atoms with van der Waals surface area (Å²) in [5.74, 6) is 0. The Balaban J connectivity index is 1.75. The van der Waals surface area contributed by atoms with Gasteiger partial charge in [0.15, 0.2) is 0 Å². The average molecular weight is 348 g/mol. The van der Waals surface area contributed by atoms with Crippen molar-refractivity contribution in [3.63, 3.8) is 0 Å². The third-order valence-electron chi connectivity index (χ3n) is 5.20. The Hall–Kier alpha value is -2.35. The molecule has 8 nitrogen and oxygen atoms in total.